The molecule has 4 nitrogen and oxygen atoms in total. The number of hydrogen-bond acceptors (Lipinski definition) is 3. The molecule has 3 atom stereocenters. The molecule has 4 rings (SSSR count). The minimum absolute atomic E-state index is 0.0241. The van der Waals surface area contributed by atoms with Crippen LogP contribution in [0.3, 0.4) is 0 Å². The van der Waals surface area contributed by atoms with Crippen molar-refractivity contribution in [3.63, 3.8) is 0 Å². The maximum atomic E-state index is 14.4. The average Bonchev–Trinajstić information content (AvgIpc) is 3.47. The quantitative estimate of drug-likeness (QED) is 0.777. The summed E-state index contributed by atoms with van der Waals surface area (Å²) in [5, 5.41) is -0.225. The standard InChI is InChI=1S/C19H25F2NO3S/c1-2-22(26(23,24)13-6-7-13)10-12-4-3-5-14-15(12)11-25-19-17(21)9-8-16(20)18(14)19/h8-9,12-15H,2-7,10-11H2,1H3/t12-,14?,15?/m0/s1. The molecule has 0 radical (unpaired) electrons. The summed E-state index contributed by atoms with van der Waals surface area (Å²) >= 11 is 0. The fourth-order valence-electron chi connectivity index (χ4n) is 4.67. The monoisotopic (exact) mass is 385 g/mol. The molecular weight excluding hydrogens is 360 g/mol. The lowest BCUT2D eigenvalue weighted by Gasteiger charge is -2.43. The molecule has 2 unspecified atom stereocenters. The summed E-state index contributed by atoms with van der Waals surface area (Å²) in [5.41, 5.74) is 0.346. The van der Waals surface area contributed by atoms with Gasteiger partial charge in [-0.05, 0) is 49.7 Å². The lowest BCUT2D eigenvalue weighted by molar-refractivity contribution is 0.0861. The van der Waals surface area contributed by atoms with E-state index >= 15 is 0 Å². The van der Waals surface area contributed by atoms with E-state index in [4.69, 9.17) is 4.74 Å². The van der Waals surface area contributed by atoms with Gasteiger partial charge in [0.2, 0.25) is 10.0 Å². The Morgan fingerprint density at radius 1 is 1.15 bits per heavy atom. The largest absolute Gasteiger partial charge is 0.490 e. The number of nitrogens with zero attached hydrogens (tertiary/aromatic N) is 1. The Kier molecular flexibility index (Phi) is 4.72. The van der Waals surface area contributed by atoms with Gasteiger partial charge >= 0.3 is 0 Å². The predicted octanol–water partition coefficient (Wildman–Crippen LogP) is 3.67. The van der Waals surface area contributed by atoms with Gasteiger partial charge in [-0.25, -0.2) is 21.5 Å². The van der Waals surface area contributed by atoms with Crippen LogP contribution in [0.1, 0.15) is 50.5 Å². The molecular formula is C19H25F2NO3S. The smallest absolute Gasteiger partial charge is 0.216 e. The molecule has 2 fully saturated rings. The lowest BCUT2D eigenvalue weighted by Crippen LogP contribution is -2.44. The molecule has 7 heteroatoms. The van der Waals surface area contributed by atoms with Gasteiger partial charge in [0.05, 0.1) is 11.9 Å². The van der Waals surface area contributed by atoms with Crippen LogP contribution in [-0.4, -0.2) is 37.7 Å². The first-order chi connectivity index (χ1) is 12.4. The SMILES string of the molecule is CCN(C[C@@H]1CCCC2c3c(F)ccc(F)c3OCC21)S(=O)(=O)C1CC1. The lowest BCUT2D eigenvalue weighted by atomic mass is 9.68. The number of ether oxygens (including phenoxy) is 1. The second-order valence-electron chi connectivity index (χ2n) is 7.74. The van der Waals surface area contributed by atoms with Gasteiger partial charge in [0.1, 0.15) is 5.82 Å². The summed E-state index contributed by atoms with van der Waals surface area (Å²) in [5.74, 6) is -0.863. The Balaban J connectivity index is 1.59. The maximum absolute atomic E-state index is 14.4. The van der Waals surface area contributed by atoms with Crippen molar-refractivity contribution in [3.8, 4) is 5.75 Å². The fraction of sp³-hybridized carbons (Fsp3) is 0.684. The van der Waals surface area contributed by atoms with Crippen LogP contribution in [0.15, 0.2) is 12.1 Å². The molecule has 0 amide bonds. The third-order valence-corrected chi connectivity index (χ3v) is 8.64. The highest BCUT2D eigenvalue weighted by Gasteiger charge is 2.45. The topological polar surface area (TPSA) is 46.6 Å². The van der Waals surface area contributed by atoms with Crippen molar-refractivity contribution in [2.24, 2.45) is 11.8 Å². The Bertz CT molecular complexity index is 794. The van der Waals surface area contributed by atoms with E-state index in [1.54, 1.807) is 4.31 Å². The number of benzene rings is 1. The molecule has 0 saturated heterocycles. The van der Waals surface area contributed by atoms with Crippen LogP contribution >= 0.6 is 0 Å². The highest BCUT2D eigenvalue weighted by Crippen LogP contribution is 2.49. The first-order valence-corrected chi connectivity index (χ1v) is 11.0. The van der Waals surface area contributed by atoms with Gasteiger partial charge in [0, 0.05) is 24.6 Å². The fourth-order valence-corrected chi connectivity index (χ4v) is 6.58. The first-order valence-electron chi connectivity index (χ1n) is 9.53. The van der Waals surface area contributed by atoms with E-state index in [2.05, 4.69) is 0 Å². The third kappa shape index (κ3) is 3.03. The average molecular weight is 385 g/mol. The van der Waals surface area contributed by atoms with Gasteiger partial charge in [-0.3, -0.25) is 0 Å². The van der Waals surface area contributed by atoms with Gasteiger partial charge < -0.3 is 4.74 Å². The van der Waals surface area contributed by atoms with Gasteiger partial charge in [-0.2, -0.15) is 0 Å². The van der Waals surface area contributed by atoms with Gasteiger partial charge in [0.15, 0.2) is 11.6 Å². The highest BCUT2D eigenvalue weighted by molar-refractivity contribution is 7.90. The van der Waals surface area contributed by atoms with E-state index in [-0.39, 0.29) is 28.8 Å². The summed E-state index contributed by atoms with van der Waals surface area (Å²) in [6.07, 6.45) is 4.07. The third-order valence-electron chi connectivity index (χ3n) is 6.19. The molecule has 0 spiro atoms. The first kappa shape index (κ1) is 18.2. The van der Waals surface area contributed by atoms with Crippen LogP contribution in [0, 0.1) is 23.5 Å². The van der Waals surface area contributed by atoms with E-state index in [9.17, 15) is 17.2 Å². The molecule has 2 aliphatic carbocycles. The molecule has 3 aliphatic rings. The molecule has 1 heterocycles. The second-order valence-corrected chi connectivity index (χ2v) is 9.95. The molecule has 1 aromatic rings. The molecule has 0 aromatic heterocycles. The molecule has 0 bridgehead atoms. The van der Waals surface area contributed by atoms with E-state index in [1.807, 2.05) is 6.92 Å². The molecule has 0 N–H and O–H groups in total. The van der Waals surface area contributed by atoms with E-state index < -0.39 is 21.7 Å². The van der Waals surface area contributed by atoms with Crippen molar-refractivity contribution < 1.29 is 21.9 Å². The summed E-state index contributed by atoms with van der Waals surface area (Å²) in [6.45, 7) is 3.09. The van der Waals surface area contributed by atoms with Crippen LogP contribution in [0.5, 0.6) is 5.75 Å². The number of halogens is 2. The van der Waals surface area contributed by atoms with Crippen molar-refractivity contribution in [2.75, 3.05) is 19.7 Å². The zero-order valence-corrected chi connectivity index (χ0v) is 15.8. The van der Waals surface area contributed by atoms with Gasteiger partial charge in [-0.1, -0.05) is 13.3 Å². The summed E-state index contributed by atoms with van der Waals surface area (Å²) in [6, 6.07) is 2.27. The molecule has 144 valence electrons. The Morgan fingerprint density at radius 2 is 1.88 bits per heavy atom. The van der Waals surface area contributed by atoms with Crippen LogP contribution in [0.2, 0.25) is 0 Å². The Hall–Kier alpha value is -1.21. The predicted molar refractivity (Wildman–Crippen MR) is 94.6 cm³/mol. The van der Waals surface area contributed by atoms with E-state index in [0.29, 0.717) is 25.3 Å². The summed E-state index contributed by atoms with van der Waals surface area (Å²) in [7, 11) is -3.23. The molecule has 1 aromatic carbocycles. The summed E-state index contributed by atoms with van der Waals surface area (Å²) < 4.78 is 61.0. The number of sulfonamides is 1. The van der Waals surface area contributed by atoms with Crippen molar-refractivity contribution in [1.29, 1.82) is 0 Å². The molecule has 2 saturated carbocycles. The number of hydrogen-bond donors (Lipinski definition) is 0. The van der Waals surface area contributed by atoms with Crippen LogP contribution in [0.4, 0.5) is 8.78 Å². The van der Waals surface area contributed by atoms with E-state index in [0.717, 1.165) is 38.2 Å². The van der Waals surface area contributed by atoms with Crippen LogP contribution < -0.4 is 4.74 Å². The number of fused-ring (bicyclic) bond motifs is 3. The zero-order valence-electron chi connectivity index (χ0n) is 15.0. The molecule has 1 aliphatic heterocycles. The number of rotatable bonds is 5. The van der Waals surface area contributed by atoms with Gasteiger partial charge in [-0.15, -0.1) is 0 Å². The van der Waals surface area contributed by atoms with Crippen molar-refractivity contribution in [1.82, 2.24) is 4.31 Å². The van der Waals surface area contributed by atoms with E-state index in [1.165, 1.54) is 6.07 Å². The van der Waals surface area contributed by atoms with Crippen LogP contribution in [-0.2, 0) is 10.0 Å². The van der Waals surface area contributed by atoms with Crippen molar-refractivity contribution in [3.05, 3.63) is 29.3 Å². The minimum Gasteiger partial charge on any atom is -0.490 e. The van der Waals surface area contributed by atoms with Crippen LogP contribution in [0.25, 0.3) is 0 Å². The minimum atomic E-state index is -3.23. The Morgan fingerprint density at radius 3 is 2.58 bits per heavy atom. The highest BCUT2D eigenvalue weighted by atomic mass is 32.2. The second kappa shape index (κ2) is 6.75. The molecule has 26 heavy (non-hydrogen) atoms. The normalized spacial score (nSPS) is 28.4. The van der Waals surface area contributed by atoms with Gasteiger partial charge in [0.25, 0.3) is 0 Å². The van der Waals surface area contributed by atoms with Crippen molar-refractivity contribution >= 4 is 10.0 Å². The van der Waals surface area contributed by atoms with Crippen molar-refractivity contribution in [2.45, 2.75) is 50.2 Å². The maximum Gasteiger partial charge on any atom is 0.216 e. The Labute approximate surface area is 153 Å². The summed E-state index contributed by atoms with van der Waals surface area (Å²) in [4.78, 5) is 0. The zero-order chi connectivity index (χ0) is 18.5.